The van der Waals surface area contributed by atoms with Crippen LogP contribution in [0.25, 0.3) is 22.2 Å². The highest BCUT2D eigenvalue weighted by atomic mass is 19.4. The van der Waals surface area contributed by atoms with Gasteiger partial charge in [0.15, 0.2) is 6.04 Å². The normalized spacial score (nSPS) is 12.7. The summed E-state index contributed by atoms with van der Waals surface area (Å²) in [4.78, 5) is 14.4. The van der Waals surface area contributed by atoms with Crippen LogP contribution < -0.4 is 5.32 Å². The van der Waals surface area contributed by atoms with Crippen molar-refractivity contribution >= 4 is 17.0 Å². The van der Waals surface area contributed by atoms with Crippen LogP contribution in [-0.2, 0) is 11.2 Å². The summed E-state index contributed by atoms with van der Waals surface area (Å²) in [5, 5.41) is 10.4. The van der Waals surface area contributed by atoms with Gasteiger partial charge in [-0.05, 0) is 41.5 Å². The van der Waals surface area contributed by atoms with Crippen LogP contribution in [0.4, 0.5) is 31.1 Å². The number of H-pyrrole nitrogens is 1. The van der Waals surface area contributed by atoms with Crippen molar-refractivity contribution in [2.75, 3.05) is 13.2 Å². The van der Waals surface area contributed by atoms with E-state index in [-0.39, 0.29) is 17.3 Å². The van der Waals surface area contributed by atoms with Crippen molar-refractivity contribution in [3.63, 3.8) is 0 Å². The summed E-state index contributed by atoms with van der Waals surface area (Å²) in [6.45, 7) is -1.80. The van der Waals surface area contributed by atoms with Gasteiger partial charge in [0.25, 0.3) is 0 Å². The third kappa shape index (κ3) is 5.10. The molecular formula is C20H16F6N2O3. The van der Waals surface area contributed by atoms with E-state index in [2.05, 4.69) is 4.98 Å². The maximum absolute atomic E-state index is 14.2. The summed E-state index contributed by atoms with van der Waals surface area (Å²) < 4.78 is 83.8. The minimum atomic E-state index is -4.87. The summed E-state index contributed by atoms with van der Waals surface area (Å²) in [6, 6.07) is 4.37. The SMILES string of the molecule is O=C(N[C@@H](CO)C(F)(F)F)OCCc1c(-c2ccc(F)cc2)[nH]c2c(F)cc(F)cc12. The van der Waals surface area contributed by atoms with Gasteiger partial charge in [-0.2, -0.15) is 13.2 Å². The van der Waals surface area contributed by atoms with Crippen LogP contribution in [0, 0.1) is 17.5 Å². The van der Waals surface area contributed by atoms with Crippen molar-refractivity contribution in [1.29, 1.82) is 0 Å². The number of aromatic nitrogens is 1. The van der Waals surface area contributed by atoms with Crippen LogP contribution >= 0.6 is 0 Å². The molecule has 1 aromatic heterocycles. The van der Waals surface area contributed by atoms with Crippen molar-refractivity contribution in [3.8, 4) is 11.3 Å². The largest absolute Gasteiger partial charge is 0.449 e. The number of aliphatic hydroxyl groups excluding tert-OH is 1. The van der Waals surface area contributed by atoms with Crippen LogP contribution in [-0.4, -0.2) is 41.6 Å². The fourth-order valence-corrected chi connectivity index (χ4v) is 3.06. The van der Waals surface area contributed by atoms with Gasteiger partial charge in [-0.25, -0.2) is 18.0 Å². The number of ether oxygens (including phenoxy) is 1. The quantitative estimate of drug-likeness (QED) is 0.490. The molecule has 3 aromatic rings. The molecule has 0 aliphatic carbocycles. The van der Waals surface area contributed by atoms with Crippen LogP contribution in [0.1, 0.15) is 5.56 Å². The van der Waals surface area contributed by atoms with Gasteiger partial charge in [-0.3, -0.25) is 0 Å². The van der Waals surface area contributed by atoms with E-state index < -0.39 is 49.0 Å². The number of alkyl halides is 3. The molecule has 0 spiro atoms. The van der Waals surface area contributed by atoms with Crippen molar-refractivity contribution < 1.29 is 41.0 Å². The highest BCUT2D eigenvalue weighted by Gasteiger charge is 2.40. The van der Waals surface area contributed by atoms with E-state index in [0.717, 1.165) is 18.2 Å². The molecule has 0 bridgehead atoms. The monoisotopic (exact) mass is 446 g/mol. The van der Waals surface area contributed by atoms with E-state index in [1.54, 1.807) is 0 Å². The molecule has 1 heterocycles. The first kappa shape index (κ1) is 22.5. The lowest BCUT2D eigenvalue weighted by molar-refractivity contribution is -0.162. The molecule has 0 saturated carbocycles. The smallest absolute Gasteiger partial charge is 0.410 e. The molecule has 31 heavy (non-hydrogen) atoms. The number of hydrogen-bond acceptors (Lipinski definition) is 3. The van der Waals surface area contributed by atoms with Crippen LogP contribution in [0.3, 0.4) is 0 Å². The van der Waals surface area contributed by atoms with E-state index in [1.165, 1.54) is 17.4 Å². The Morgan fingerprint density at radius 2 is 1.77 bits per heavy atom. The second kappa shape index (κ2) is 8.88. The highest BCUT2D eigenvalue weighted by Crippen LogP contribution is 2.33. The third-order valence-corrected chi connectivity index (χ3v) is 4.52. The van der Waals surface area contributed by atoms with E-state index >= 15 is 0 Å². The predicted octanol–water partition coefficient (Wildman–Crippen LogP) is 4.44. The molecule has 5 nitrogen and oxygen atoms in total. The molecule has 1 atom stereocenters. The maximum atomic E-state index is 14.2. The van der Waals surface area contributed by atoms with Gasteiger partial charge in [-0.15, -0.1) is 0 Å². The maximum Gasteiger partial charge on any atom is 0.410 e. The number of benzene rings is 2. The number of aliphatic hydroxyl groups is 1. The van der Waals surface area contributed by atoms with Gasteiger partial charge in [0.1, 0.15) is 17.5 Å². The van der Waals surface area contributed by atoms with Crippen molar-refractivity contribution in [1.82, 2.24) is 10.3 Å². The first-order valence-corrected chi connectivity index (χ1v) is 8.96. The van der Waals surface area contributed by atoms with Crippen LogP contribution in [0.5, 0.6) is 0 Å². The number of aromatic amines is 1. The number of carbonyl (C=O) groups is 1. The lowest BCUT2D eigenvalue weighted by atomic mass is 10.0. The molecule has 0 fully saturated rings. The van der Waals surface area contributed by atoms with Gasteiger partial charge in [-0.1, -0.05) is 0 Å². The Balaban J connectivity index is 1.84. The van der Waals surface area contributed by atoms with E-state index in [1.807, 2.05) is 0 Å². The number of hydrogen-bond donors (Lipinski definition) is 3. The molecule has 0 radical (unpaired) electrons. The second-order valence-electron chi connectivity index (χ2n) is 6.60. The zero-order valence-corrected chi connectivity index (χ0v) is 15.7. The van der Waals surface area contributed by atoms with Gasteiger partial charge in [0.05, 0.1) is 18.7 Å². The molecule has 0 aliphatic heterocycles. The number of halogens is 6. The first-order chi connectivity index (χ1) is 14.6. The average Bonchev–Trinajstić information content (AvgIpc) is 3.04. The summed E-state index contributed by atoms with van der Waals surface area (Å²) in [6.07, 6.45) is -6.40. The molecule has 3 N–H and O–H groups in total. The van der Waals surface area contributed by atoms with E-state index in [9.17, 15) is 31.1 Å². The molecule has 3 rings (SSSR count). The molecule has 0 aliphatic rings. The van der Waals surface area contributed by atoms with Gasteiger partial charge in [0.2, 0.25) is 0 Å². The van der Waals surface area contributed by atoms with Crippen molar-refractivity contribution in [2.45, 2.75) is 18.6 Å². The van der Waals surface area contributed by atoms with E-state index in [4.69, 9.17) is 9.84 Å². The van der Waals surface area contributed by atoms with Crippen molar-refractivity contribution in [2.24, 2.45) is 0 Å². The van der Waals surface area contributed by atoms with E-state index in [0.29, 0.717) is 22.9 Å². The zero-order valence-electron chi connectivity index (χ0n) is 15.7. The fourth-order valence-electron chi connectivity index (χ4n) is 3.06. The lowest BCUT2D eigenvalue weighted by Crippen LogP contribution is -2.48. The Morgan fingerprint density at radius 3 is 2.39 bits per heavy atom. The molecule has 11 heteroatoms. The minimum absolute atomic E-state index is 0.0300. The number of amides is 1. The van der Waals surface area contributed by atoms with Crippen LogP contribution in [0.2, 0.25) is 0 Å². The lowest BCUT2D eigenvalue weighted by Gasteiger charge is -2.19. The van der Waals surface area contributed by atoms with Gasteiger partial charge < -0.3 is 20.1 Å². The van der Waals surface area contributed by atoms with Crippen LogP contribution in [0.15, 0.2) is 36.4 Å². The zero-order chi connectivity index (χ0) is 22.8. The Bertz CT molecular complexity index is 1080. The second-order valence-corrected chi connectivity index (χ2v) is 6.60. The molecule has 1 amide bonds. The molecule has 0 unspecified atom stereocenters. The number of alkyl carbamates (subject to hydrolysis) is 1. The Labute approximate surface area is 171 Å². The number of carbonyl (C=O) groups excluding carboxylic acids is 1. The number of fused-ring (bicyclic) bond motifs is 1. The summed E-state index contributed by atoms with van der Waals surface area (Å²) >= 11 is 0. The Kier molecular flexibility index (Phi) is 6.44. The topological polar surface area (TPSA) is 74.3 Å². The molecular weight excluding hydrogens is 430 g/mol. The van der Waals surface area contributed by atoms with Gasteiger partial charge >= 0.3 is 12.3 Å². The first-order valence-electron chi connectivity index (χ1n) is 8.96. The molecule has 2 aromatic carbocycles. The third-order valence-electron chi connectivity index (χ3n) is 4.52. The number of nitrogens with one attached hydrogen (secondary N) is 2. The predicted molar refractivity (Wildman–Crippen MR) is 98.7 cm³/mol. The minimum Gasteiger partial charge on any atom is -0.449 e. The highest BCUT2D eigenvalue weighted by molar-refractivity contribution is 5.91. The van der Waals surface area contributed by atoms with Crippen molar-refractivity contribution in [3.05, 3.63) is 59.4 Å². The number of rotatable bonds is 6. The molecule has 0 saturated heterocycles. The fraction of sp³-hybridized carbons (Fsp3) is 0.250. The molecule has 166 valence electrons. The average molecular weight is 446 g/mol. The van der Waals surface area contributed by atoms with Gasteiger partial charge in [0, 0.05) is 23.6 Å². The summed E-state index contributed by atoms with van der Waals surface area (Å²) in [5.74, 6) is -2.24. The summed E-state index contributed by atoms with van der Waals surface area (Å²) in [7, 11) is 0. The Morgan fingerprint density at radius 1 is 1.10 bits per heavy atom. The standard InChI is InChI=1S/C20H16F6N2O3/c21-11-3-1-10(2-4-11)17-13(14-7-12(22)8-15(23)18(14)28-17)5-6-31-19(30)27-16(9-29)20(24,25)26/h1-4,7-8,16,28-29H,5-6,9H2,(H,27,30)/t16-/m0/s1. The Hall–Kier alpha value is -3.21. The summed E-state index contributed by atoms with van der Waals surface area (Å²) in [5.41, 5.74) is 1.04.